The molecule has 1 aromatic rings. The first-order valence-electron chi connectivity index (χ1n) is 8.24. The highest BCUT2D eigenvalue weighted by Gasteiger charge is 2.59. The smallest absolute Gasteiger partial charge is 0.319 e. The van der Waals surface area contributed by atoms with E-state index in [0.29, 0.717) is 25.2 Å². The van der Waals surface area contributed by atoms with E-state index in [2.05, 4.69) is 9.97 Å². The summed E-state index contributed by atoms with van der Waals surface area (Å²) in [6.07, 6.45) is 1.74. The lowest BCUT2D eigenvalue weighted by Crippen LogP contribution is -2.44. The number of aliphatic carboxylic acids is 1. The minimum atomic E-state index is -1.10. The number of halogens is 1. The molecule has 3 heterocycles. The molecule has 9 heteroatoms. The van der Waals surface area contributed by atoms with E-state index in [1.54, 1.807) is 30.8 Å². The van der Waals surface area contributed by atoms with E-state index in [0.717, 1.165) is 0 Å². The van der Waals surface area contributed by atoms with Crippen molar-refractivity contribution in [3.63, 3.8) is 0 Å². The summed E-state index contributed by atoms with van der Waals surface area (Å²) in [5.74, 6) is -1.58. The largest absolute Gasteiger partial charge is 0.481 e. The van der Waals surface area contributed by atoms with Gasteiger partial charge < -0.3 is 19.8 Å². The number of nitrogens with zero attached hydrogens (tertiary/aromatic N) is 5. The first-order valence-corrected chi connectivity index (χ1v) is 8.24. The molecule has 3 rings (SSSR count). The lowest BCUT2D eigenvalue weighted by atomic mass is 9.81. The molecule has 2 saturated heterocycles. The van der Waals surface area contributed by atoms with Crippen LogP contribution in [0.4, 0.5) is 15.0 Å². The summed E-state index contributed by atoms with van der Waals surface area (Å²) < 4.78 is 14.6. The Morgan fingerprint density at radius 3 is 2.64 bits per heavy atom. The molecular weight excluding hydrogens is 329 g/mol. The first-order chi connectivity index (χ1) is 11.8. The number of hydrogen-bond acceptors (Lipinski definition) is 5. The molecule has 136 valence electrons. The molecule has 1 aromatic heterocycles. The molecule has 0 aromatic carbocycles. The van der Waals surface area contributed by atoms with Crippen molar-refractivity contribution in [2.24, 2.45) is 11.3 Å². The molecule has 0 unspecified atom stereocenters. The third-order valence-electron chi connectivity index (χ3n) is 5.17. The van der Waals surface area contributed by atoms with Crippen molar-refractivity contribution in [1.82, 2.24) is 19.8 Å². The molecule has 25 heavy (non-hydrogen) atoms. The minimum absolute atomic E-state index is 0.119. The van der Waals surface area contributed by atoms with Crippen LogP contribution >= 0.6 is 0 Å². The molecule has 0 bridgehead atoms. The van der Waals surface area contributed by atoms with Crippen molar-refractivity contribution < 1.29 is 19.1 Å². The fourth-order valence-corrected chi connectivity index (χ4v) is 3.82. The van der Waals surface area contributed by atoms with Gasteiger partial charge in [0.25, 0.3) is 0 Å². The van der Waals surface area contributed by atoms with Crippen LogP contribution in [-0.4, -0.2) is 77.1 Å². The molecule has 0 radical (unpaired) electrons. The third-order valence-corrected chi connectivity index (χ3v) is 5.17. The lowest BCUT2D eigenvalue weighted by molar-refractivity contribution is -0.148. The van der Waals surface area contributed by atoms with Crippen LogP contribution in [-0.2, 0) is 11.2 Å². The van der Waals surface area contributed by atoms with Crippen LogP contribution in [0.25, 0.3) is 0 Å². The van der Waals surface area contributed by atoms with Crippen LogP contribution in [0.5, 0.6) is 0 Å². The van der Waals surface area contributed by atoms with Crippen molar-refractivity contribution in [3.8, 4) is 0 Å². The molecule has 2 aliphatic heterocycles. The zero-order valence-corrected chi connectivity index (χ0v) is 14.6. The van der Waals surface area contributed by atoms with Gasteiger partial charge in [-0.1, -0.05) is 6.92 Å². The summed E-state index contributed by atoms with van der Waals surface area (Å²) in [7, 11) is 3.28. The maximum atomic E-state index is 14.6. The summed E-state index contributed by atoms with van der Waals surface area (Å²) >= 11 is 0. The number of aromatic nitrogens is 2. The second kappa shape index (κ2) is 6.12. The quantitative estimate of drug-likeness (QED) is 0.861. The Kier molecular flexibility index (Phi) is 4.26. The number of carboxylic acids is 1. The van der Waals surface area contributed by atoms with E-state index in [1.165, 1.54) is 11.2 Å². The highest BCUT2D eigenvalue weighted by molar-refractivity contribution is 5.81. The summed E-state index contributed by atoms with van der Waals surface area (Å²) in [5.41, 5.74) is -0.786. The number of likely N-dealkylation sites (tertiary alicyclic amines) is 1. The van der Waals surface area contributed by atoms with Gasteiger partial charge in [-0.2, -0.15) is 0 Å². The highest BCUT2D eigenvalue weighted by Crippen LogP contribution is 2.44. The van der Waals surface area contributed by atoms with Gasteiger partial charge in [0.05, 0.1) is 5.69 Å². The Morgan fingerprint density at radius 2 is 2.08 bits per heavy atom. The number of fused-ring (bicyclic) bond motifs is 1. The average molecular weight is 351 g/mol. The predicted molar refractivity (Wildman–Crippen MR) is 87.8 cm³/mol. The van der Waals surface area contributed by atoms with Crippen LogP contribution in [0.15, 0.2) is 6.33 Å². The van der Waals surface area contributed by atoms with E-state index in [9.17, 15) is 19.1 Å². The maximum Gasteiger partial charge on any atom is 0.319 e. The topological polar surface area (TPSA) is 89.9 Å². The Balaban J connectivity index is 1.88. The monoisotopic (exact) mass is 351 g/mol. The van der Waals surface area contributed by atoms with E-state index < -0.39 is 17.2 Å². The van der Waals surface area contributed by atoms with Crippen molar-refractivity contribution in [2.75, 3.05) is 45.2 Å². The molecule has 8 nitrogen and oxygen atoms in total. The number of amides is 2. The number of carbonyl (C=O) groups excluding carboxylic acids is 1. The second-order valence-corrected chi connectivity index (χ2v) is 6.91. The maximum absolute atomic E-state index is 14.6. The fourth-order valence-electron chi connectivity index (χ4n) is 3.82. The van der Waals surface area contributed by atoms with Crippen LogP contribution in [0.1, 0.15) is 12.6 Å². The van der Waals surface area contributed by atoms with Gasteiger partial charge in [-0.3, -0.25) is 4.79 Å². The number of carbonyl (C=O) groups is 2. The molecule has 2 aliphatic rings. The van der Waals surface area contributed by atoms with Crippen molar-refractivity contribution in [2.45, 2.75) is 13.3 Å². The summed E-state index contributed by atoms with van der Waals surface area (Å²) in [6.45, 7) is 2.74. The van der Waals surface area contributed by atoms with Crippen LogP contribution in [0, 0.1) is 17.2 Å². The predicted octanol–water partition coefficient (Wildman–Crippen LogP) is 0.683. The molecule has 0 aliphatic carbocycles. The zero-order valence-electron chi connectivity index (χ0n) is 14.6. The number of carboxylic acid groups (broad SMARTS) is 1. The van der Waals surface area contributed by atoms with E-state index in [4.69, 9.17) is 0 Å². The summed E-state index contributed by atoms with van der Waals surface area (Å²) in [5, 5.41) is 9.84. The van der Waals surface area contributed by atoms with Crippen LogP contribution in [0.3, 0.4) is 0 Å². The Morgan fingerprint density at radius 1 is 1.36 bits per heavy atom. The third kappa shape index (κ3) is 2.67. The van der Waals surface area contributed by atoms with Crippen LogP contribution in [0.2, 0.25) is 0 Å². The van der Waals surface area contributed by atoms with E-state index >= 15 is 0 Å². The number of anilines is 1. The molecule has 1 N–H and O–H groups in total. The van der Waals surface area contributed by atoms with Crippen molar-refractivity contribution >= 4 is 17.8 Å². The molecule has 2 fully saturated rings. The van der Waals surface area contributed by atoms with Gasteiger partial charge in [-0.25, -0.2) is 19.2 Å². The van der Waals surface area contributed by atoms with Gasteiger partial charge >= 0.3 is 12.0 Å². The molecule has 0 spiro atoms. The van der Waals surface area contributed by atoms with Gasteiger partial charge in [0.2, 0.25) is 0 Å². The lowest BCUT2D eigenvalue weighted by Gasteiger charge is -2.27. The van der Waals surface area contributed by atoms with Gasteiger partial charge in [-0.05, 0) is 6.42 Å². The standard InChI is InChI=1S/C16H22FN5O3/c1-4-11-12(17)13(19-9-18-11)21-5-10-6-22(15(25)20(2)3)8-16(10,7-21)14(23)24/h9-10H,4-8H2,1-3H3,(H,23,24)/t10-,16-/m1/s1. The zero-order chi connectivity index (χ0) is 18.4. The molecule has 0 saturated carbocycles. The van der Waals surface area contributed by atoms with Crippen molar-refractivity contribution in [3.05, 3.63) is 17.8 Å². The number of hydrogen-bond donors (Lipinski definition) is 1. The normalized spacial score (nSPS) is 25.2. The Hall–Kier alpha value is -2.45. The first kappa shape index (κ1) is 17.4. The average Bonchev–Trinajstić information content (AvgIpc) is 3.09. The molecular formula is C16H22FN5O3. The molecule has 2 amide bonds. The van der Waals surface area contributed by atoms with Gasteiger partial charge in [0.15, 0.2) is 11.6 Å². The van der Waals surface area contributed by atoms with Crippen molar-refractivity contribution in [1.29, 1.82) is 0 Å². The second-order valence-electron chi connectivity index (χ2n) is 6.91. The summed E-state index contributed by atoms with van der Waals surface area (Å²) in [6, 6.07) is -0.205. The number of rotatable bonds is 3. The number of aryl methyl sites for hydroxylation is 1. The van der Waals surface area contributed by atoms with Crippen LogP contribution < -0.4 is 4.90 Å². The SMILES string of the molecule is CCc1ncnc(N2C[C@@H]3CN(C(=O)N(C)C)C[C@]3(C(=O)O)C2)c1F. The fraction of sp³-hybridized carbons (Fsp3) is 0.625. The van der Waals surface area contributed by atoms with E-state index in [1.807, 2.05) is 0 Å². The molecule has 2 atom stereocenters. The Bertz CT molecular complexity index is 713. The Labute approximate surface area is 145 Å². The van der Waals surface area contributed by atoms with Gasteiger partial charge in [0.1, 0.15) is 11.7 Å². The van der Waals surface area contributed by atoms with Gasteiger partial charge in [-0.15, -0.1) is 0 Å². The van der Waals surface area contributed by atoms with Gasteiger partial charge in [0, 0.05) is 46.2 Å². The van der Waals surface area contributed by atoms with E-state index in [-0.39, 0.29) is 30.9 Å². The highest BCUT2D eigenvalue weighted by atomic mass is 19.1. The minimum Gasteiger partial charge on any atom is -0.481 e. The summed E-state index contributed by atoms with van der Waals surface area (Å²) in [4.78, 5) is 36.8. The number of urea groups is 1.